The van der Waals surface area contributed by atoms with Crippen LogP contribution in [0.3, 0.4) is 0 Å². The molecule has 0 fully saturated rings. The van der Waals surface area contributed by atoms with Crippen molar-refractivity contribution in [2.24, 2.45) is 5.73 Å². The van der Waals surface area contributed by atoms with Crippen LogP contribution in [0.15, 0.2) is 30.4 Å². The lowest BCUT2D eigenvalue weighted by molar-refractivity contribution is 0.698. The highest BCUT2D eigenvalue weighted by Gasteiger charge is 2.10. The summed E-state index contributed by atoms with van der Waals surface area (Å²) in [5, 5.41) is 0. The van der Waals surface area contributed by atoms with Crippen molar-refractivity contribution in [2.75, 3.05) is 6.54 Å². The molecule has 0 aliphatic heterocycles. The van der Waals surface area contributed by atoms with Gasteiger partial charge in [0.05, 0.1) is 11.0 Å². The van der Waals surface area contributed by atoms with E-state index in [0.29, 0.717) is 6.54 Å². The molecule has 0 atom stereocenters. The van der Waals surface area contributed by atoms with Gasteiger partial charge in [-0.05, 0) is 44.0 Å². The predicted molar refractivity (Wildman–Crippen MR) is 81.3 cm³/mol. The molecule has 2 aromatic rings. The normalized spacial score (nSPS) is 11.1. The highest BCUT2D eigenvalue weighted by atomic mass is 15.1. The summed E-state index contributed by atoms with van der Waals surface area (Å²) in [7, 11) is 0. The number of allylic oxidation sites excluding steroid dienone is 1. The monoisotopic (exact) mass is 257 g/mol. The smallest absolute Gasteiger partial charge is 0.110 e. The Labute approximate surface area is 115 Å². The summed E-state index contributed by atoms with van der Waals surface area (Å²) in [6, 6.07) is 6.55. The van der Waals surface area contributed by atoms with Gasteiger partial charge in [-0.2, -0.15) is 0 Å². The Morgan fingerprint density at radius 1 is 1.42 bits per heavy atom. The molecule has 2 N–H and O–H groups in total. The maximum absolute atomic E-state index is 5.61. The molecule has 0 spiro atoms. The van der Waals surface area contributed by atoms with Gasteiger partial charge in [0.1, 0.15) is 5.82 Å². The van der Waals surface area contributed by atoms with Crippen LogP contribution in [-0.4, -0.2) is 16.1 Å². The third-order valence-electron chi connectivity index (χ3n) is 3.33. The first kappa shape index (κ1) is 13.8. The van der Waals surface area contributed by atoms with E-state index < -0.39 is 0 Å². The zero-order valence-electron chi connectivity index (χ0n) is 11.9. The van der Waals surface area contributed by atoms with Crippen LogP contribution in [0.25, 0.3) is 11.0 Å². The van der Waals surface area contributed by atoms with Gasteiger partial charge in [0.25, 0.3) is 0 Å². The SMILES string of the molecule is C=C(C)Cn1c(CCCN)nc2cc(CC)ccc21. The van der Waals surface area contributed by atoms with Crippen molar-refractivity contribution in [3.63, 3.8) is 0 Å². The average Bonchev–Trinajstić information content (AvgIpc) is 2.73. The fourth-order valence-corrected chi connectivity index (χ4v) is 2.34. The lowest BCUT2D eigenvalue weighted by atomic mass is 10.1. The summed E-state index contributed by atoms with van der Waals surface area (Å²) >= 11 is 0. The van der Waals surface area contributed by atoms with E-state index in [1.807, 2.05) is 0 Å². The molecular weight excluding hydrogens is 234 g/mol. The summed E-state index contributed by atoms with van der Waals surface area (Å²) in [5.41, 5.74) is 10.4. The van der Waals surface area contributed by atoms with Crippen molar-refractivity contribution in [3.05, 3.63) is 41.7 Å². The summed E-state index contributed by atoms with van der Waals surface area (Å²) < 4.78 is 2.27. The second-order valence-electron chi connectivity index (χ2n) is 5.14. The van der Waals surface area contributed by atoms with E-state index in [4.69, 9.17) is 10.7 Å². The number of nitrogens with two attached hydrogens (primary N) is 1. The third-order valence-corrected chi connectivity index (χ3v) is 3.33. The molecule has 0 aliphatic rings. The maximum Gasteiger partial charge on any atom is 0.110 e. The van der Waals surface area contributed by atoms with Crippen molar-refractivity contribution >= 4 is 11.0 Å². The first-order valence-electron chi connectivity index (χ1n) is 6.98. The number of aryl methyl sites for hydroxylation is 2. The molecule has 0 aliphatic carbocycles. The Hall–Kier alpha value is -1.61. The zero-order chi connectivity index (χ0) is 13.8. The van der Waals surface area contributed by atoms with Crippen molar-refractivity contribution in [3.8, 4) is 0 Å². The minimum Gasteiger partial charge on any atom is -0.330 e. The Morgan fingerprint density at radius 3 is 2.84 bits per heavy atom. The van der Waals surface area contributed by atoms with Gasteiger partial charge in [-0.25, -0.2) is 4.98 Å². The van der Waals surface area contributed by atoms with E-state index >= 15 is 0 Å². The van der Waals surface area contributed by atoms with Gasteiger partial charge in [-0.3, -0.25) is 0 Å². The molecule has 102 valence electrons. The summed E-state index contributed by atoms with van der Waals surface area (Å²) in [4.78, 5) is 4.78. The number of imidazole rings is 1. The molecule has 0 saturated heterocycles. The Morgan fingerprint density at radius 2 is 2.21 bits per heavy atom. The number of hydrogen-bond donors (Lipinski definition) is 1. The molecule has 0 bridgehead atoms. The third kappa shape index (κ3) is 3.04. The van der Waals surface area contributed by atoms with Crippen molar-refractivity contribution in [1.82, 2.24) is 9.55 Å². The predicted octanol–water partition coefficient (Wildman–Crippen LogP) is 3.07. The van der Waals surface area contributed by atoms with Gasteiger partial charge in [0.15, 0.2) is 0 Å². The molecule has 0 amide bonds. The van der Waals surface area contributed by atoms with E-state index in [9.17, 15) is 0 Å². The molecule has 1 heterocycles. The zero-order valence-corrected chi connectivity index (χ0v) is 11.9. The average molecular weight is 257 g/mol. The van der Waals surface area contributed by atoms with Gasteiger partial charge >= 0.3 is 0 Å². The Balaban J connectivity index is 2.48. The van der Waals surface area contributed by atoms with Crippen LogP contribution in [0.5, 0.6) is 0 Å². The number of fused-ring (bicyclic) bond motifs is 1. The summed E-state index contributed by atoms with van der Waals surface area (Å²) in [6.07, 6.45) is 2.95. The molecule has 1 aromatic heterocycles. The molecular formula is C16H23N3. The van der Waals surface area contributed by atoms with E-state index in [2.05, 4.69) is 43.2 Å². The van der Waals surface area contributed by atoms with E-state index in [0.717, 1.165) is 42.7 Å². The highest BCUT2D eigenvalue weighted by Crippen LogP contribution is 2.20. The Bertz CT molecular complexity index is 581. The lowest BCUT2D eigenvalue weighted by Gasteiger charge is -2.08. The molecule has 3 nitrogen and oxygen atoms in total. The fourth-order valence-electron chi connectivity index (χ4n) is 2.34. The van der Waals surface area contributed by atoms with Crippen LogP contribution in [0.4, 0.5) is 0 Å². The number of hydrogen-bond acceptors (Lipinski definition) is 2. The molecule has 19 heavy (non-hydrogen) atoms. The number of nitrogens with zero attached hydrogens (tertiary/aromatic N) is 2. The maximum atomic E-state index is 5.61. The van der Waals surface area contributed by atoms with Crippen LogP contribution in [0.1, 0.15) is 31.7 Å². The second kappa shape index (κ2) is 6.02. The molecule has 2 rings (SSSR count). The number of rotatable bonds is 6. The van der Waals surface area contributed by atoms with E-state index in [1.54, 1.807) is 0 Å². The van der Waals surface area contributed by atoms with Gasteiger partial charge in [0.2, 0.25) is 0 Å². The van der Waals surface area contributed by atoms with Crippen LogP contribution < -0.4 is 5.73 Å². The molecule has 3 heteroatoms. The van der Waals surface area contributed by atoms with Gasteiger partial charge in [-0.15, -0.1) is 0 Å². The van der Waals surface area contributed by atoms with Crippen molar-refractivity contribution in [1.29, 1.82) is 0 Å². The van der Waals surface area contributed by atoms with Crippen LogP contribution in [0, 0.1) is 0 Å². The molecule has 0 radical (unpaired) electrons. The van der Waals surface area contributed by atoms with Crippen molar-refractivity contribution < 1.29 is 0 Å². The molecule has 0 unspecified atom stereocenters. The van der Waals surface area contributed by atoms with Gasteiger partial charge in [0, 0.05) is 13.0 Å². The van der Waals surface area contributed by atoms with Gasteiger partial charge < -0.3 is 10.3 Å². The Kier molecular flexibility index (Phi) is 4.38. The first-order valence-corrected chi connectivity index (χ1v) is 6.98. The molecule has 0 saturated carbocycles. The van der Waals surface area contributed by atoms with Crippen molar-refractivity contribution in [2.45, 2.75) is 39.7 Å². The van der Waals surface area contributed by atoms with Gasteiger partial charge in [-0.1, -0.05) is 25.1 Å². The largest absolute Gasteiger partial charge is 0.330 e. The summed E-state index contributed by atoms with van der Waals surface area (Å²) in [5.74, 6) is 1.12. The molecule has 1 aromatic carbocycles. The first-order chi connectivity index (χ1) is 9.15. The minimum atomic E-state index is 0.705. The highest BCUT2D eigenvalue weighted by molar-refractivity contribution is 5.77. The second-order valence-corrected chi connectivity index (χ2v) is 5.14. The lowest BCUT2D eigenvalue weighted by Crippen LogP contribution is -2.07. The minimum absolute atomic E-state index is 0.705. The topological polar surface area (TPSA) is 43.8 Å². The number of aromatic nitrogens is 2. The fraction of sp³-hybridized carbons (Fsp3) is 0.438. The van der Waals surface area contributed by atoms with E-state index in [1.165, 1.54) is 11.1 Å². The number of benzene rings is 1. The van der Waals surface area contributed by atoms with E-state index in [-0.39, 0.29) is 0 Å². The van der Waals surface area contributed by atoms with Crippen LogP contribution >= 0.6 is 0 Å². The standard InChI is InChI=1S/C16H23N3/c1-4-13-7-8-15-14(10-13)18-16(6-5-9-17)19(15)11-12(2)3/h7-8,10H,2,4-6,9,11,17H2,1,3H3. The van der Waals surface area contributed by atoms with Crippen LogP contribution in [-0.2, 0) is 19.4 Å². The van der Waals surface area contributed by atoms with Crippen LogP contribution in [0.2, 0.25) is 0 Å². The quantitative estimate of drug-likeness (QED) is 0.808. The summed E-state index contributed by atoms with van der Waals surface area (Å²) in [6.45, 7) is 9.78.